The number of rotatable bonds is 7. The van der Waals surface area contributed by atoms with Gasteiger partial charge in [-0.3, -0.25) is 9.59 Å². The molecule has 0 aliphatic rings. The Balaban J connectivity index is 1.70. The maximum absolute atomic E-state index is 12.8. The molecular formula is C22H23N3O2S2. The first-order valence-electron chi connectivity index (χ1n) is 9.34. The first kappa shape index (κ1) is 21.1. The van der Waals surface area contributed by atoms with Gasteiger partial charge in [0.1, 0.15) is 0 Å². The number of aromatic nitrogens is 1. The Morgan fingerprint density at radius 2 is 1.86 bits per heavy atom. The lowest BCUT2D eigenvalue weighted by Crippen LogP contribution is -2.24. The van der Waals surface area contributed by atoms with E-state index in [1.165, 1.54) is 30.0 Å². The average Bonchev–Trinajstić information content (AvgIpc) is 3.06. The van der Waals surface area contributed by atoms with Gasteiger partial charge in [-0.15, -0.1) is 23.1 Å². The van der Waals surface area contributed by atoms with Gasteiger partial charge in [0.2, 0.25) is 11.8 Å². The number of hydrogen-bond acceptors (Lipinski definition) is 5. The van der Waals surface area contributed by atoms with Gasteiger partial charge in [-0.05, 0) is 31.5 Å². The van der Waals surface area contributed by atoms with Crippen molar-refractivity contribution in [3.8, 4) is 11.3 Å². The van der Waals surface area contributed by atoms with Crippen molar-refractivity contribution in [3.63, 3.8) is 0 Å². The van der Waals surface area contributed by atoms with Crippen molar-refractivity contribution in [1.29, 1.82) is 0 Å². The topological polar surface area (TPSA) is 71.1 Å². The van der Waals surface area contributed by atoms with Crippen LogP contribution in [0.25, 0.3) is 11.3 Å². The van der Waals surface area contributed by atoms with Gasteiger partial charge in [-0.25, -0.2) is 4.98 Å². The van der Waals surface area contributed by atoms with Gasteiger partial charge < -0.3 is 10.6 Å². The molecule has 0 radical (unpaired) electrons. The fourth-order valence-corrected chi connectivity index (χ4v) is 4.69. The Kier molecular flexibility index (Phi) is 7.06. The number of carbonyl (C=O) groups excluding carboxylic acids is 2. The highest BCUT2D eigenvalue weighted by Crippen LogP contribution is 2.32. The lowest BCUT2D eigenvalue weighted by atomic mass is 10.1. The SMILES string of the molecule is CCC(Sc1cccc(NC(C)=O)c1)C(=O)Nc1nc(-c2ccccc2)c(C)s1. The normalized spacial score (nSPS) is 11.7. The standard InChI is InChI=1S/C22H23N3O2S2/c1-4-19(29-18-12-8-11-17(13-18)23-15(3)26)21(27)25-22-24-20(14(2)28-22)16-9-6-5-7-10-16/h5-13,19H,4H2,1-3H3,(H,23,26)(H,24,25,27). The van der Waals surface area contributed by atoms with Crippen LogP contribution in [0.4, 0.5) is 10.8 Å². The Bertz CT molecular complexity index is 1000. The molecule has 2 aromatic carbocycles. The highest BCUT2D eigenvalue weighted by molar-refractivity contribution is 8.00. The van der Waals surface area contributed by atoms with E-state index in [0.717, 1.165) is 26.7 Å². The summed E-state index contributed by atoms with van der Waals surface area (Å²) < 4.78 is 0. The molecule has 29 heavy (non-hydrogen) atoms. The summed E-state index contributed by atoms with van der Waals surface area (Å²) in [6.45, 7) is 5.47. The molecule has 5 nitrogen and oxygen atoms in total. The second-order valence-electron chi connectivity index (χ2n) is 6.50. The molecule has 1 heterocycles. The molecule has 1 atom stereocenters. The molecule has 2 N–H and O–H groups in total. The van der Waals surface area contributed by atoms with Crippen LogP contribution in [0.15, 0.2) is 59.5 Å². The molecular weight excluding hydrogens is 402 g/mol. The number of carbonyl (C=O) groups is 2. The zero-order valence-corrected chi connectivity index (χ0v) is 18.2. The van der Waals surface area contributed by atoms with Gasteiger partial charge in [0.25, 0.3) is 0 Å². The lowest BCUT2D eigenvalue weighted by Gasteiger charge is -2.14. The lowest BCUT2D eigenvalue weighted by molar-refractivity contribution is -0.116. The minimum Gasteiger partial charge on any atom is -0.326 e. The predicted octanol–water partition coefficient (Wildman–Crippen LogP) is 5.59. The van der Waals surface area contributed by atoms with Crippen molar-refractivity contribution in [3.05, 3.63) is 59.5 Å². The van der Waals surface area contributed by atoms with Gasteiger partial charge in [0.15, 0.2) is 5.13 Å². The van der Waals surface area contributed by atoms with Crippen molar-refractivity contribution >= 4 is 45.7 Å². The number of nitrogens with zero attached hydrogens (tertiary/aromatic N) is 1. The van der Waals surface area contributed by atoms with Crippen LogP contribution in [0.5, 0.6) is 0 Å². The number of thiazole rings is 1. The Labute approximate surface area is 179 Å². The van der Waals surface area contributed by atoms with Crippen LogP contribution < -0.4 is 10.6 Å². The Hall–Kier alpha value is -2.64. The number of amides is 2. The van der Waals surface area contributed by atoms with Crippen LogP contribution in [0.3, 0.4) is 0 Å². The Morgan fingerprint density at radius 1 is 1.10 bits per heavy atom. The van der Waals surface area contributed by atoms with E-state index in [-0.39, 0.29) is 17.1 Å². The summed E-state index contributed by atoms with van der Waals surface area (Å²) in [7, 11) is 0. The zero-order chi connectivity index (χ0) is 20.8. The first-order chi connectivity index (χ1) is 14.0. The molecule has 3 aromatic rings. The molecule has 3 rings (SSSR count). The van der Waals surface area contributed by atoms with E-state index in [1.54, 1.807) is 0 Å². The maximum Gasteiger partial charge on any atom is 0.239 e. The number of aryl methyl sites for hydroxylation is 1. The smallest absolute Gasteiger partial charge is 0.239 e. The number of nitrogens with one attached hydrogen (secondary N) is 2. The molecule has 0 saturated heterocycles. The van der Waals surface area contributed by atoms with Gasteiger partial charge in [0, 0.05) is 27.9 Å². The highest BCUT2D eigenvalue weighted by atomic mass is 32.2. The van der Waals surface area contributed by atoms with E-state index in [1.807, 2.05) is 68.4 Å². The molecule has 7 heteroatoms. The zero-order valence-electron chi connectivity index (χ0n) is 16.6. The molecule has 150 valence electrons. The molecule has 0 fully saturated rings. The summed E-state index contributed by atoms with van der Waals surface area (Å²) in [6.07, 6.45) is 0.677. The quantitative estimate of drug-likeness (QED) is 0.484. The summed E-state index contributed by atoms with van der Waals surface area (Å²) in [4.78, 5) is 30.7. The Morgan fingerprint density at radius 3 is 2.55 bits per heavy atom. The highest BCUT2D eigenvalue weighted by Gasteiger charge is 2.20. The summed E-state index contributed by atoms with van der Waals surface area (Å²) >= 11 is 2.96. The third kappa shape index (κ3) is 5.68. The first-order valence-corrected chi connectivity index (χ1v) is 11.0. The molecule has 0 aliphatic carbocycles. The van der Waals surface area contributed by atoms with E-state index in [9.17, 15) is 9.59 Å². The second-order valence-corrected chi connectivity index (χ2v) is 8.98. The van der Waals surface area contributed by atoms with Crippen molar-refractivity contribution in [1.82, 2.24) is 4.98 Å². The van der Waals surface area contributed by atoms with Crippen molar-refractivity contribution < 1.29 is 9.59 Å². The second kappa shape index (κ2) is 9.71. The number of anilines is 2. The number of thioether (sulfide) groups is 1. The van der Waals surface area contributed by atoms with E-state index in [4.69, 9.17) is 0 Å². The van der Waals surface area contributed by atoms with Crippen molar-refractivity contribution in [2.45, 2.75) is 37.3 Å². The molecule has 0 saturated carbocycles. The maximum atomic E-state index is 12.8. The molecule has 1 unspecified atom stereocenters. The summed E-state index contributed by atoms with van der Waals surface area (Å²) in [5, 5.41) is 6.09. The number of benzene rings is 2. The third-order valence-electron chi connectivity index (χ3n) is 4.17. The third-order valence-corrected chi connectivity index (χ3v) is 6.41. The van der Waals surface area contributed by atoms with E-state index in [2.05, 4.69) is 15.6 Å². The summed E-state index contributed by atoms with van der Waals surface area (Å²) in [6, 6.07) is 17.5. The fraction of sp³-hybridized carbons (Fsp3) is 0.227. The molecule has 2 amide bonds. The number of hydrogen-bond donors (Lipinski definition) is 2. The monoisotopic (exact) mass is 425 g/mol. The van der Waals surface area contributed by atoms with Crippen LogP contribution in [0.2, 0.25) is 0 Å². The van der Waals surface area contributed by atoms with Gasteiger partial charge in [-0.2, -0.15) is 0 Å². The van der Waals surface area contributed by atoms with Crippen LogP contribution in [-0.2, 0) is 9.59 Å². The van der Waals surface area contributed by atoms with E-state index < -0.39 is 0 Å². The molecule has 0 aliphatic heterocycles. The minimum absolute atomic E-state index is 0.0733. The average molecular weight is 426 g/mol. The van der Waals surface area contributed by atoms with Crippen LogP contribution >= 0.6 is 23.1 Å². The van der Waals surface area contributed by atoms with Gasteiger partial charge in [-0.1, -0.05) is 43.3 Å². The van der Waals surface area contributed by atoms with Crippen molar-refractivity contribution in [2.24, 2.45) is 0 Å². The van der Waals surface area contributed by atoms with Crippen LogP contribution in [-0.4, -0.2) is 22.0 Å². The fourth-order valence-electron chi connectivity index (χ4n) is 2.84. The molecule has 0 spiro atoms. The summed E-state index contributed by atoms with van der Waals surface area (Å²) in [5.41, 5.74) is 2.66. The van der Waals surface area contributed by atoms with Crippen LogP contribution in [0, 0.1) is 6.92 Å². The molecule has 0 bridgehead atoms. The van der Waals surface area contributed by atoms with Crippen molar-refractivity contribution in [2.75, 3.05) is 10.6 Å². The summed E-state index contributed by atoms with van der Waals surface area (Å²) in [5.74, 6) is -0.193. The predicted molar refractivity (Wildman–Crippen MR) is 122 cm³/mol. The van der Waals surface area contributed by atoms with Crippen LogP contribution in [0.1, 0.15) is 25.1 Å². The minimum atomic E-state index is -0.257. The largest absolute Gasteiger partial charge is 0.326 e. The van der Waals surface area contributed by atoms with Gasteiger partial charge in [0.05, 0.1) is 10.9 Å². The molecule has 1 aromatic heterocycles. The van der Waals surface area contributed by atoms with E-state index in [0.29, 0.717) is 11.6 Å². The van der Waals surface area contributed by atoms with E-state index >= 15 is 0 Å². The van der Waals surface area contributed by atoms with Gasteiger partial charge >= 0.3 is 0 Å².